The first-order chi connectivity index (χ1) is 7.41. The van der Waals surface area contributed by atoms with Crippen LogP contribution < -0.4 is 0 Å². The number of esters is 1. The van der Waals surface area contributed by atoms with E-state index < -0.39 is 5.97 Å². The van der Waals surface area contributed by atoms with Crippen LogP contribution in [-0.2, 0) is 42.2 Å². The van der Waals surface area contributed by atoms with Crippen molar-refractivity contribution in [2.75, 3.05) is 0 Å². The van der Waals surface area contributed by atoms with Crippen LogP contribution in [0.25, 0.3) is 0 Å². The number of aliphatic hydroxyl groups excluding tert-OH is 1. The molecule has 0 aliphatic heterocycles. The minimum Gasteiger partial charge on any atom is -0.569 e. The fraction of sp³-hybridized carbons (Fsp3) is 0.769. The number of ether oxygens (including phenoxy) is 1. The molecule has 0 saturated heterocycles. The molecule has 1 radical (unpaired) electrons. The number of hydrogen-bond acceptors (Lipinski definition) is 3. The molecule has 0 heterocycles. The van der Waals surface area contributed by atoms with Gasteiger partial charge in [0.1, 0.15) is 0 Å². The summed E-state index contributed by atoms with van der Waals surface area (Å²) in [6.45, 7) is 9.81. The summed E-state index contributed by atoms with van der Waals surface area (Å²) in [5.74, 6) is 0.116. The maximum Gasteiger partial charge on any atom is 0.164 e. The van der Waals surface area contributed by atoms with Gasteiger partial charge >= 0.3 is 0 Å². The second-order valence-corrected chi connectivity index (χ2v) is 5.22. The first-order valence-electron chi connectivity index (χ1n) is 5.75. The summed E-state index contributed by atoms with van der Waals surface area (Å²) in [6.07, 6.45) is 4.89. The molecule has 1 aliphatic rings. The van der Waals surface area contributed by atoms with E-state index in [-0.39, 0.29) is 38.8 Å². The second kappa shape index (κ2) is 9.35. The molecule has 2 atom stereocenters. The summed E-state index contributed by atoms with van der Waals surface area (Å²) in [4.78, 5) is 10.7. The Labute approximate surface area is 131 Å². The van der Waals surface area contributed by atoms with E-state index in [4.69, 9.17) is 9.84 Å². The smallest absolute Gasteiger partial charge is 0.164 e. The van der Waals surface area contributed by atoms with Crippen LogP contribution in [0.4, 0.5) is 0 Å². The summed E-state index contributed by atoms with van der Waals surface area (Å²) in [5, 5.41) is 6.75. The van der Waals surface area contributed by atoms with Crippen LogP contribution in [0.1, 0.15) is 46.5 Å². The average Bonchev–Trinajstić information content (AvgIpc) is 2.18. The Hall–Kier alpha value is 0.404. The normalized spacial score (nSPS) is 23.5. The van der Waals surface area contributed by atoms with Crippen LogP contribution in [0.3, 0.4) is 0 Å². The van der Waals surface area contributed by atoms with Crippen LogP contribution >= 0.6 is 0 Å². The van der Waals surface area contributed by atoms with Crippen molar-refractivity contribution >= 4 is 5.97 Å². The third-order valence-electron chi connectivity index (χ3n) is 3.22. The molecule has 0 aromatic rings. The SMILES string of the molecule is [CH2-]C(=O)OC(C)C1CCCC(C)(C)C1.[CH2-]O.[Y]. The fourth-order valence-electron chi connectivity index (χ4n) is 2.46. The maximum atomic E-state index is 10.7. The van der Waals surface area contributed by atoms with Crippen molar-refractivity contribution in [3.05, 3.63) is 14.0 Å². The molecule has 1 saturated carbocycles. The molecule has 0 bridgehead atoms. The zero-order valence-electron chi connectivity index (χ0n) is 11.2. The van der Waals surface area contributed by atoms with Crippen molar-refractivity contribution in [1.29, 1.82) is 0 Å². The molecule has 0 amide bonds. The first kappa shape index (κ1) is 19.7. The number of hydrogen-bond donors (Lipinski definition) is 1. The minimum atomic E-state index is -0.402. The van der Waals surface area contributed by atoms with Crippen LogP contribution in [0.15, 0.2) is 0 Å². The van der Waals surface area contributed by atoms with E-state index in [1.807, 2.05) is 6.92 Å². The van der Waals surface area contributed by atoms with Crippen molar-refractivity contribution in [3.8, 4) is 0 Å². The van der Waals surface area contributed by atoms with Gasteiger partial charge in [-0.15, -0.1) is 0 Å². The van der Waals surface area contributed by atoms with Crippen molar-refractivity contribution < 1.29 is 47.3 Å². The largest absolute Gasteiger partial charge is 0.569 e. The van der Waals surface area contributed by atoms with E-state index in [1.54, 1.807) is 0 Å². The van der Waals surface area contributed by atoms with Crippen LogP contribution in [0, 0.1) is 25.4 Å². The van der Waals surface area contributed by atoms with Gasteiger partial charge in [0.2, 0.25) is 0 Å². The third kappa shape index (κ3) is 8.17. The molecular formula is C13H24O3Y-2. The van der Waals surface area contributed by atoms with E-state index in [0.717, 1.165) is 6.42 Å². The standard InChI is InChI=1S/C12H21O2.CH3O.Y/c1-9(14-10(2)13)11-6-5-7-12(3,4)8-11;1-2;/h9,11H,2,5-8H2,1,3-4H3;2H,1H2;/q2*-1;. The Kier molecular flexibility index (Phi) is 10.9. The van der Waals surface area contributed by atoms with Crippen LogP contribution in [0.2, 0.25) is 0 Å². The minimum absolute atomic E-state index is 0. The number of aliphatic hydroxyl groups is 1. The van der Waals surface area contributed by atoms with Gasteiger partial charge in [-0.05, 0) is 37.5 Å². The number of carbonyl (C=O) groups excluding carboxylic acids is 1. The predicted molar refractivity (Wildman–Crippen MR) is 63.9 cm³/mol. The zero-order valence-corrected chi connectivity index (χ0v) is 14.1. The molecule has 0 spiro atoms. The Morgan fingerprint density at radius 1 is 1.47 bits per heavy atom. The maximum absolute atomic E-state index is 10.7. The molecule has 1 N–H and O–H groups in total. The Bertz CT molecular complexity index is 217. The van der Waals surface area contributed by atoms with Gasteiger partial charge in [-0.1, -0.05) is 20.3 Å². The van der Waals surface area contributed by atoms with Gasteiger partial charge in [0.05, 0.1) is 6.10 Å². The van der Waals surface area contributed by atoms with Gasteiger partial charge in [0, 0.05) is 32.7 Å². The molecular weight excluding hydrogens is 293 g/mol. The molecule has 1 aliphatic carbocycles. The van der Waals surface area contributed by atoms with Gasteiger partial charge in [-0.25, -0.2) is 7.11 Å². The van der Waals surface area contributed by atoms with E-state index in [2.05, 4.69) is 27.9 Å². The summed E-state index contributed by atoms with van der Waals surface area (Å²) in [7, 11) is 2.25. The molecule has 3 nitrogen and oxygen atoms in total. The van der Waals surface area contributed by atoms with E-state index >= 15 is 0 Å². The molecule has 0 aromatic carbocycles. The van der Waals surface area contributed by atoms with E-state index in [1.165, 1.54) is 19.3 Å². The molecule has 17 heavy (non-hydrogen) atoms. The topological polar surface area (TPSA) is 46.5 Å². The Morgan fingerprint density at radius 3 is 2.41 bits per heavy atom. The fourth-order valence-corrected chi connectivity index (χ4v) is 2.46. The summed E-state index contributed by atoms with van der Waals surface area (Å²) >= 11 is 0. The Morgan fingerprint density at radius 2 is 2.00 bits per heavy atom. The summed E-state index contributed by atoms with van der Waals surface area (Å²) in [5.41, 5.74) is 0.407. The quantitative estimate of drug-likeness (QED) is 0.629. The third-order valence-corrected chi connectivity index (χ3v) is 3.22. The van der Waals surface area contributed by atoms with Crippen molar-refractivity contribution in [1.82, 2.24) is 0 Å². The van der Waals surface area contributed by atoms with Crippen molar-refractivity contribution in [3.63, 3.8) is 0 Å². The van der Waals surface area contributed by atoms with E-state index in [0.29, 0.717) is 11.3 Å². The van der Waals surface area contributed by atoms with Crippen LogP contribution in [-0.4, -0.2) is 17.2 Å². The average molecular weight is 317 g/mol. The van der Waals surface area contributed by atoms with Gasteiger partial charge in [0.25, 0.3) is 0 Å². The Balaban J connectivity index is 0. The molecule has 99 valence electrons. The van der Waals surface area contributed by atoms with Gasteiger partial charge in [-0.3, -0.25) is 11.7 Å². The van der Waals surface area contributed by atoms with Crippen LogP contribution in [0.5, 0.6) is 0 Å². The monoisotopic (exact) mass is 317 g/mol. The number of rotatable bonds is 2. The van der Waals surface area contributed by atoms with Gasteiger partial charge < -0.3 is 9.84 Å². The van der Waals surface area contributed by atoms with Gasteiger partial charge in [0.15, 0.2) is 5.97 Å². The van der Waals surface area contributed by atoms with Crippen molar-refractivity contribution in [2.24, 2.45) is 11.3 Å². The van der Waals surface area contributed by atoms with Crippen molar-refractivity contribution in [2.45, 2.75) is 52.6 Å². The summed E-state index contributed by atoms with van der Waals surface area (Å²) < 4.78 is 5.13. The molecule has 2 unspecified atom stereocenters. The molecule has 0 aromatic heterocycles. The molecule has 1 rings (SSSR count). The first-order valence-corrected chi connectivity index (χ1v) is 5.75. The van der Waals surface area contributed by atoms with E-state index in [9.17, 15) is 4.79 Å². The second-order valence-electron chi connectivity index (χ2n) is 5.22. The predicted octanol–water partition coefficient (Wildman–Crippen LogP) is 3.12. The summed E-state index contributed by atoms with van der Waals surface area (Å²) in [6, 6.07) is 0. The number of carbonyl (C=O) groups is 1. The zero-order chi connectivity index (χ0) is 12.8. The van der Waals surface area contributed by atoms with Gasteiger partial charge in [-0.2, -0.15) is 0 Å². The molecule has 4 heteroatoms. The molecule has 1 fully saturated rings.